The van der Waals surface area contributed by atoms with E-state index in [4.69, 9.17) is 21.8 Å². The van der Waals surface area contributed by atoms with E-state index in [1.165, 1.54) is 0 Å². The average Bonchev–Trinajstić information content (AvgIpc) is 2.90. The Bertz CT molecular complexity index is 629. The molecule has 0 aliphatic rings. The third-order valence-corrected chi connectivity index (χ3v) is 2.93. The van der Waals surface area contributed by atoms with Crippen molar-refractivity contribution in [3.8, 4) is 22.9 Å². The van der Waals surface area contributed by atoms with Crippen LogP contribution in [0.2, 0.25) is 5.02 Å². The molecule has 1 aromatic heterocycles. The lowest BCUT2D eigenvalue weighted by molar-refractivity contribution is 0.584. The first-order valence-electron chi connectivity index (χ1n) is 5.68. The number of benzene rings is 2. The molecule has 1 heterocycles. The van der Waals surface area contributed by atoms with E-state index >= 15 is 0 Å². The first-order valence-corrected chi connectivity index (χ1v) is 6.05. The van der Waals surface area contributed by atoms with Gasteiger partial charge in [0.25, 0.3) is 0 Å². The Labute approximate surface area is 114 Å². The molecule has 0 radical (unpaired) electrons. The number of aromatic nitrogens is 2. The molecule has 0 saturated heterocycles. The molecular weight excluding hydrogens is 262 g/mol. The van der Waals surface area contributed by atoms with Crippen molar-refractivity contribution in [3.05, 3.63) is 53.6 Å². The van der Waals surface area contributed by atoms with Crippen LogP contribution in [0.3, 0.4) is 0 Å². The molecule has 0 unspecified atom stereocenters. The Morgan fingerprint density at radius 3 is 1.79 bits per heavy atom. The second-order valence-electron chi connectivity index (χ2n) is 4.04. The molecule has 0 saturated carbocycles. The van der Waals surface area contributed by atoms with Crippen LogP contribution in [0, 0.1) is 0 Å². The molecule has 0 aliphatic carbocycles. The minimum Gasteiger partial charge on any atom is -0.416 e. The van der Waals surface area contributed by atoms with Crippen molar-refractivity contribution in [2.75, 3.05) is 5.73 Å². The molecule has 0 atom stereocenters. The second-order valence-corrected chi connectivity index (χ2v) is 4.48. The fourth-order valence-electron chi connectivity index (χ4n) is 1.67. The van der Waals surface area contributed by atoms with E-state index in [0.29, 0.717) is 22.5 Å². The van der Waals surface area contributed by atoms with Crippen molar-refractivity contribution >= 4 is 17.3 Å². The summed E-state index contributed by atoms with van der Waals surface area (Å²) in [6.45, 7) is 0. The normalized spacial score (nSPS) is 10.6. The van der Waals surface area contributed by atoms with E-state index in [9.17, 15) is 0 Å². The first-order chi connectivity index (χ1) is 9.22. The van der Waals surface area contributed by atoms with E-state index in [1.807, 2.05) is 24.3 Å². The lowest BCUT2D eigenvalue weighted by Gasteiger charge is -1.96. The molecule has 4 nitrogen and oxygen atoms in total. The number of rotatable bonds is 2. The van der Waals surface area contributed by atoms with Gasteiger partial charge in [-0.3, -0.25) is 0 Å². The van der Waals surface area contributed by atoms with Crippen LogP contribution in [0.15, 0.2) is 52.9 Å². The molecule has 2 N–H and O–H groups in total. The van der Waals surface area contributed by atoms with Gasteiger partial charge >= 0.3 is 0 Å². The average molecular weight is 272 g/mol. The molecule has 3 aromatic rings. The maximum Gasteiger partial charge on any atom is 0.248 e. The molecule has 0 aliphatic heterocycles. The molecule has 0 fully saturated rings. The molecule has 0 amide bonds. The number of hydrogen-bond donors (Lipinski definition) is 1. The molecule has 5 heteroatoms. The summed E-state index contributed by atoms with van der Waals surface area (Å²) in [5.74, 6) is 0.924. The highest BCUT2D eigenvalue weighted by molar-refractivity contribution is 6.30. The second kappa shape index (κ2) is 4.74. The van der Waals surface area contributed by atoms with E-state index in [1.54, 1.807) is 24.3 Å². The summed E-state index contributed by atoms with van der Waals surface area (Å²) in [5.41, 5.74) is 8.00. The number of halogens is 1. The van der Waals surface area contributed by atoms with Gasteiger partial charge in [-0.05, 0) is 48.5 Å². The highest BCUT2D eigenvalue weighted by atomic mass is 35.5. The Morgan fingerprint density at radius 1 is 0.789 bits per heavy atom. The predicted octanol–water partition coefficient (Wildman–Crippen LogP) is 3.64. The van der Waals surface area contributed by atoms with Crippen molar-refractivity contribution in [1.29, 1.82) is 0 Å². The van der Waals surface area contributed by atoms with Crippen LogP contribution in [0.5, 0.6) is 0 Å². The summed E-state index contributed by atoms with van der Waals surface area (Å²) in [6, 6.07) is 14.5. The quantitative estimate of drug-likeness (QED) is 0.723. The number of nitrogens with two attached hydrogens (primary N) is 1. The summed E-state index contributed by atoms with van der Waals surface area (Å²) in [7, 11) is 0. The highest BCUT2D eigenvalue weighted by Gasteiger charge is 2.10. The van der Waals surface area contributed by atoms with Gasteiger partial charge in [0.15, 0.2) is 0 Å². The fraction of sp³-hybridized carbons (Fsp3) is 0. The minimum atomic E-state index is 0.462. The number of anilines is 1. The summed E-state index contributed by atoms with van der Waals surface area (Å²) < 4.78 is 5.63. The van der Waals surface area contributed by atoms with Gasteiger partial charge in [-0.1, -0.05) is 11.6 Å². The fourth-order valence-corrected chi connectivity index (χ4v) is 1.80. The Hall–Kier alpha value is -2.33. The molecule has 0 spiro atoms. The Balaban J connectivity index is 1.95. The zero-order chi connectivity index (χ0) is 13.2. The van der Waals surface area contributed by atoms with Gasteiger partial charge in [-0.2, -0.15) is 0 Å². The van der Waals surface area contributed by atoms with Gasteiger partial charge in [0.1, 0.15) is 0 Å². The summed E-state index contributed by atoms with van der Waals surface area (Å²) >= 11 is 5.84. The van der Waals surface area contributed by atoms with Gasteiger partial charge < -0.3 is 10.2 Å². The maximum atomic E-state index is 5.84. The zero-order valence-electron chi connectivity index (χ0n) is 9.88. The van der Waals surface area contributed by atoms with Crippen LogP contribution in [-0.4, -0.2) is 10.2 Å². The number of hydrogen-bond acceptors (Lipinski definition) is 4. The van der Waals surface area contributed by atoms with Crippen molar-refractivity contribution in [2.45, 2.75) is 0 Å². The molecule has 19 heavy (non-hydrogen) atoms. The molecule has 2 aromatic carbocycles. The van der Waals surface area contributed by atoms with Gasteiger partial charge in [-0.25, -0.2) is 0 Å². The van der Waals surface area contributed by atoms with Crippen LogP contribution < -0.4 is 5.73 Å². The van der Waals surface area contributed by atoms with Crippen LogP contribution in [0.25, 0.3) is 22.9 Å². The summed E-state index contributed by atoms with van der Waals surface area (Å²) in [6.07, 6.45) is 0. The third-order valence-electron chi connectivity index (χ3n) is 2.67. The lowest BCUT2D eigenvalue weighted by Crippen LogP contribution is -1.83. The molecular formula is C14H10ClN3O. The van der Waals surface area contributed by atoms with Crippen molar-refractivity contribution in [2.24, 2.45) is 0 Å². The van der Waals surface area contributed by atoms with E-state index in [0.717, 1.165) is 11.1 Å². The van der Waals surface area contributed by atoms with Gasteiger partial charge in [0.2, 0.25) is 11.8 Å². The molecule has 0 bridgehead atoms. The number of nitrogens with zero attached hydrogens (tertiary/aromatic N) is 2. The molecule has 94 valence electrons. The van der Waals surface area contributed by atoms with Crippen LogP contribution in [-0.2, 0) is 0 Å². The Morgan fingerprint density at radius 2 is 1.26 bits per heavy atom. The largest absolute Gasteiger partial charge is 0.416 e. The van der Waals surface area contributed by atoms with E-state index in [2.05, 4.69) is 10.2 Å². The smallest absolute Gasteiger partial charge is 0.248 e. The summed E-state index contributed by atoms with van der Waals surface area (Å²) in [5, 5.41) is 8.72. The van der Waals surface area contributed by atoms with Crippen molar-refractivity contribution in [3.63, 3.8) is 0 Å². The van der Waals surface area contributed by atoms with E-state index < -0.39 is 0 Å². The maximum absolute atomic E-state index is 5.84. The monoisotopic (exact) mass is 271 g/mol. The van der Waals surface area contributed by atoms with E-state index in [-0.39, 0.29) is 0 Å². The van der Waals surface area contributed by atoms with Crippen LogP contribution >= 0.6 is 11.6 Å². The van der Waals surface area contributed by atoms with Gasteiger partial charge in [-0.15, -0.1) is 10.2 Å². The first kappa shape index (κ1) is 11.7. The zero-order valence-corrected chi connectivity index (χ0v) is 10.6. The Kier molecular flexibility index (Phi) is 2.93. The lowest BCUT2D eigenvalue weighted by atomic mass is 10.2. The minimum absolute atomic E-state index is 0.462. The third kappa shape index (κ3) is 2.44. The van der Waals surface area contributed by atoms with Crippen LogP contribution in [0.4, 0.5) is 5.69 Å². The highest BCUT2D eigenvalue weighted by Crippen LogP contribution is 2.25. The van der Waals surface area contributed by atoms with Crippen molar-refractivity contribution in [1.82, 2.24) is 10.2 Å². The topological polar surface area (TPSA) is 64.9 Å². The van der Waals surface area contributed by atoms with Gasteiger partial charge in [0, 0.05) is 21.8 Å². The molecule has 3 rings (SSSR count). The van der Waals surface area contributed by atoms with Crippen molar-refractivity contribution < 1.29 is 4.42 Å². The predicted molar refractivity (Wildman–Crippen MR) is 74.6 cm³/mol. The van der Waals surface area contributed by atoms with Gasteiger partial charge in [0.05, 0.1) is 0 Å². The SMILES string of the molecule is Nc1ccc(-c2nnc(-c3ccc(Cl)cc3)o2)cc1. The summed E-state index contributed by atoms with van der Waals surface area (Å²) in [4.78, 5) is 0. The number of nitrogen functional groups attached to an aromatic ring is 1. The van der Waals surface area contributed by atoms with Crippen LogP contribution in [0.1, 0.15) is 0 Å². The standard InChI is InChI=1S/C14H10ClN3O/c15-11-5-1-9(2-6-11)13-17-18-14(19-13)10-3-7-12(16)8-4-10/h1-8H,16H2.